The molecule has 2 atom stereocenters. The van der Waals surface area contributed by atoms with Gasteiger partial charge in [-0.05, 0) is 53.0 Å². The summed E-state index contributed by atoms with van der Waals surface area (Å²) in [7, 11) is 3.63. The summed E-state index contributed by atoms with van der Waals surface area (Å²) >= 11 is 3.22. The molecule has 2 nitrogen and oxygen atoms in total. The molecule has 0 saturated heterocycles. The average molecular weight is 304 g/mol. The van der Waals surface area contributed by atoms with Gasteiger partial charge in [-0.3, -0.25) is 0 Å². The first-order valence-electron chi connectivity index (χ1n) is 5.71. The fourth-order valence-corrected chi connectivity index (χ4v) is 2.35. The Morgan fingerprint density at radius 2 is 2.18 bits per heavy atom. The van der Waals surface area contributed by atoms with Crippen LogP contribution in [0, 0.1) is 11.7 Å². The molecule has 0 saturated carbocycles. The third kappa shape index (κ3) is 4.05. The first kappa shape index (κ1) is 14.6. The van der Waals surface area contributed by atoms with E-state index in [1.165, 1.54) is 6.07 Å². The summed E-state index contributed by atoms with van der Waals surface area (Å²) in [5, 5.41) is 3.27. The van der Waals surface area contributed by atoms with Gasteiger partial charge in [-0.1, -0.05) is 13.0 Å². The molecule has 96 valence electrons. The highest BCUT2D eigenvalue weighted by Crippen LogP contribution is 2.27. The molecule has 2 unspecified atom stereocenters. The molecule has 17 heavy (non-hydrogen) atoms. The van der Waals surface area contributed by atoms with Crippen molar-refractivity contribution in [3.63, 3.8) is 0 Å². The van der Waals surface area contributed by atoms with Gasteiger partial charge in [0.15, 0.2) is 0 Å². The fourth-order valence-electron chi connectivity index (χ4n) is 1.96. The van der Waals surface area contributed by atoms with E-state index in [1.807, 2.05) is 19.2 Å². The lowest BCUT2D eigenvalue weighted by Crippen LogP contribution is -2.24. The fraction of sp³-hybridized carbons (Fsp3) is 0.538. The Bertz CT molecular complexity index is 359. The van der Waals surface area contributed by atoms with Crippen LogP contribution >= 0.6 is 15.9 Å². The second-order valence-electron chi connectivity index (χ2n) is 4.20. The van der Waals surface area contributed by atoms with Gasteiger partial charge in [-0.15, -0.1) is 0 Å². The molecule has 0 aliphatic carbocycles. The summed E-state index contributed by atoms with van der Waals surface area (Å²) in [6.07, 6.45) is 0.969. The molecule has 0 fully saturated rings. The van der Waals surface area contributed by atoms with Crippen LogP contribution in [0.3, 0.4) is 0 Å². The van der Waals surface area contributed by atoms with E-state index >= 15 is 0 Å². The zero-order valence-corrected chi connectivity index (χ0v) is 12.1. The number of hydrogen-bond acceptors (Lipinski definition) is 2. The lowest BCUT2D eigenvalue weighted by Gasteiger charge is -2.24. The maximum atomic E-state index is 13.2. The van der Waals surface area contributed by atoms with Crippen LogP contribution in [0.15, 0.2) is 22.7 Å². The predicted molar refractivity (Wildman–Crippen MR) is 71.6 cm³/mol. The van der Waals surface area contributed by atoms with E-state index in [9.17, 15) is 4.39 Å². The molecule has 0 bridgehead atoms. The normalized spacial score (nSPS) is 14.6. The van der Waals surface area contributed by atoms with Gasteiger partial charge in [0.1, 0.15) is 5.82 Å². The number of nitrogens with one attached hydrogen (secondary N) is 1. The van der Waals surface area contributed by atoms with E-state index < -0.39 is 0 Å². The molecule has 0 heterocycles. The molecule has 0 amide bonds. The van der Waals surface area contributed by atoms with E-state index in [-0.39, 0.29) is 11.9 Å². The highest BCUT2D eigenvalue weighted by Gasteiger charge is 2.18. The Morgan fingerprint density at radius 1 is 1.47 bits per heavy atom. The second kappa shape index (κ2) is 7.09. The smallest absolute Gasteiger partial charge is 0.137 e. The topological polar surface area (TPSA) is 21.3 Å². The van der Waals surface area contributed by atoms with Gasteiger partial charge >= 0.3 is 0 Å². The summed E-state index contributed by atoms with van der Waals surface area (Å²) in [5.41, 5.74) is 1.09. The summed E-state index contributed by atoms with van der Waals surface area (Å²) in [4.78, 5) is 0. The number of ether oxygens (including phenoxy) is 1. The SMILES string of the molecule is CNC(c1ccc(F)c(Br)c1)C(C)CCOC. The molecule has 1 aromatic carbocycles. The van der Waals surface area contributed by atoms with Crippen LogP contribution in [0.5, 0.6) is 0 Å². The van der Waals surface area contributed by atoms with Crippen molar-refractivity contribution < 1.29 is 9.13 Å². The standard InChI is InChI=1S/C13H19BrFNO/c1-9(6-7-17-3)13(16-2)10-4-5-12(15)11(14)8-10/h4-5,8-9,13,16H,6-7H2,1-3H3. The van der Waals surface area contributed by atoms with Gasteiger partial charge in [-0.25, -0.2) is 4.39 Å². The van der Waals surface area contributed by atoms with Gasteiger partial charge in [0, 0.05) is 19.8 Å². The molecule has 0 aliphatic heterocycles. The molecule has 0 aromatic heterocycles. The van der Waals surface area contributed by atoms with Crippen molar-refractivity contribution in [2.75, 3.05) is 20.8 Å². The lowest BCUT2D eigenvalue weighted by molar-refractivity contribution is 0.171. The van der Waals surface area contributed by atoms with Gasteiger partial charge in [0.2, 0.25) is 0 Å². The van der Waals surface area contributed by atoms with Crippen molar-refractivity contribution in [1.82, 2.24) is 5.32 Å². The summed E-state index contributed by atoms with van der Waals surface area (Å²) in [5.74, 6) is 0.199. The van der Waals surface area contributed by atoms with Gasteiger partial charge in [0.25, 0.3) is 0 Å². The molecule has 1 aromatic rings. The first-order valence-corrected chi connectivity index (χ1v) is 6.50. The Hall–Kier alpha value is -0.450. The Balaban J connectivity index is 2.81. The van der Waals surface area contributed by atoms with Crippen molar-refractivity contribution in [1.29, 1.82) is 0 Å². The maximum absolute atomic E-state index is 13.2. The molecule has 1 rings (SSSR count). The van der Waals surface area contributed by atoms with E-state index in [1.54, 1.807) is 7.11 Å². The Kier molecular flexibility index (Phi) is 6.09. The quantitative estimate of drug-likeness (QED) is 0.868. The third-order valence-corrected chi connectivity index (χ3v) is 3.57. The zero-order valence-electron chi connectivity index (χ0n) is 10.5. The number of halogens is 2. The predicted octanol–water partition coefficient (Wildman–Crippen LogP) is 3.52. The first-order chi connectivity index (χ1) is 8.10. The summed E-state index contributed by atoms with van der Waals surface area (Å²) in [6.45, 7) is 2.90. The molecular weight excluding hydrogens is 285 g/mol. The number of hydrogen-bond donors (Lipinski definition) is 1. The monoisotopic (exact) mass is 303 g/mol. The van der Waals surface area contributed by atoms with Crippen molar-refractivity contribution in [3.8, 4) is 0 Å². The summed E-state index contributed by atoms with van der Waals surface area (Å²) in [6, 6.07) is 5.36. The van der Waals surface area contributed by atoms with Gasteiger partial charge in [-0.2, -0.15) is 0 Å². The molecule has 0 aliphatic rings. The number of benzene rings is 1. The molecule has 0 spiro atoms. The number of rotatable bonds is 6. The van der Waals surface area contributed by atoms with Crippen molar-refractivity contribution in [2.24, 2.45) is 5.92 Å². The third-order valence-electron chi connectivity index (χ3n) is 2.96. The highest BCUT2D eigenvalue weighted by molar-refractivity contribution is 9.10. The van der Waals surface area contributed by atoms with Crippen LogP contribution in [-0.2, 0) is 4.74 Å². The van der Waals surface area contributed by atoms with Gasteiger partial charge in [0.05, 0.1) is 4.47 Å². The van der Waals surface area contributed by atoms with Crippen LogP contribution < -0.4 is 5.32 Å². The Morgan fingerprint density at radius 3 is 2.71 bits per heavy atom. The zero-order chi connectivity index (χ0) is 12.8. The van der Waals surface area contributed by atoms with Crippen molar-refractivity contribution in [3.05, 3.63) is 34.1 Å². The minimum atomic E-state index is -0.229. The average Bonchev–Trinajstić information content (AvgIpc) is 2.32. The van der Waals surface area contributed by atoms with Crippen LogP contribution in [-0.4, -0.2) is 20.8 Å². The van der Waals surface area contributed by atoms with E-state index in [2.05, 4.69) is 28.2 Å². The molecular formula is C13H19BrFNO. The van der Waals surface area contributed by atoms with E-state index in [0.29, 0.717) is 10.4 Å². The molecule has 1 N–H and O–H groups in total. The van der Waals surface area contributed by atoms with Crippen molar-refractivity contribution >= 4 is 15.9 Å². The molecule has 0 radical (unpaired) electrons. The van der Waals surface area contributed by atoms with Crippen LogP contribution in [0.4, 0.5) is 4.39 Å². The number of methoxy groups -OCH3 is 1. The highest BCUT2D eigenvalue weighted by atomic mass is 79.9. The van der Waals surface area contributed by atoms with Crippen LogP contribution in [0.25, 0.3) is 0 Å². The maximum Gasteiger partial charge on any atom is 0.137 e. The Labute approximate surface area is 111 Å². The lowest BCUT2D eigenvalue weighted by atomic mass is 9.92. The van der Waals surface area contributed by atoms with Crippen LogP contribution in [0.2, 0.25) is 0 Å². The van der Waals surface area contributed by atoms with E-state index in [0.717, 1.165) is 18.6 Å². The second-order valence-corrected chi connectivity index (χ2v) is 5.05. The minimum Gasteiger partial charge on any atom is -0.385 e. The summed E-state index contributed by atoms with van der Waals surface area (Å²) < 4.78 is 18.8. The molecule has 4 heteroatoms. The minimum absolute atomic E-state index is 0.210. The largest absolute Gasteiger partial charge is 0.385 e. The van der Waals surface area contributed by atoms with E-state index in [4.69, 9.17) is 4.74 Å². The van der Waals surface area contributed by atoms with Gasteiger partial charge < -0.3 is 10.1 Å². The van der Waals surface area contributed by atoms with Crippen LogP contribution in [0.1, 0.15) is 24.9 Å². The van der Waals surface area contributed by atoms with Crippen molar-refractivity contribution in [2.45, 2.75) is 19.4 Å².